The molecule has 7 rings (SSSR count). The smallest absolute Gasteiger partial charge is 0.297 e. The largest absolute Gasteiger partial charge is 0.450 e. The summed E-state index contributed by atoms with van der Waals surface area (Å²) in [6.45, 7) is 3.76. The quantitative estimate of drug-likeness (QED) is 0.279. The maximum absolute atomic E-state index is 14.9. The number of rotatable bonds is 5. The van der Waals surface area contributed by atoms with Crippen LogP contribution in [0.5, 0.6) is 0 Å². The molecule has 2 aliphatic rings. The fourth-order valence-corrected chi connectivity index (χ4v) is 6.87. The van der Waals surface area contributed by atoms with Crippen LogP contribution in [-0.2, 0) is 23.3 Å². The third-order valence-electron chi connectivity index (χ3n) is 7.68. The average Bonchev–Trinajstić information content (AvgIpc) is 3.60. The van der Waals surface area contributed by atoms with E-state index in [4.69, 9.17) is 4.42 Å². The number of anilines is 2. The van der Waals surface area contributed by atoms with Crippen LogP contribution in [0.15, 0.2) is 75.9 Å². The molecule has 0 radical (unpaired) electrons. The summed E-state index contributed by atoms with van der Waals surface area (Å²) in [5.41, 5.74) is -0.199. The van der Waals surface area contributed by atoms with E-state index >= 15 is 0 Å². The fourth-order valence-electron chi connectivity index (χ4n) is 5.88. The molecular weight excluding hydrogens is 543 g/mol. The fraction of sp³-hybridized carbons (Fsp3) is 0.194. The van der Waals surface area contributed by atoms with Gasteiger partial charge in [0.25, 0.3) is 11.8 Å². The second-order valence-electron chi connectivity index (χ2n) is 10.2. The Bertz CT molecular complexity index is 1970. The van der Waals surface area contributed by atoms with Crippen molar-refractivity contribution in [3.63, 3.8) is 0 Å². The highest BCUT2D eigenvalue weighted by Crippen LogP contribution is 2.54. The molecule has 2 aliphatic heterocycles. The van der Waals surface area contributed by atoms with Gasteiger partial charge in [-0.2, -0.15) is 0 Å². The van der Waals surface area contributed by atoms with Crippen molar-refractivity contribution < 1.29 is 18.4 Å². The van der Waals surface area contributed by atoms with E-state index in [1.165, 1.54) is 27.2 Å². The molecule has 1 spiro atoms. The topological polar surface area (TPSA) is 96.6 Å². The first-order valence-corrected chi connectivity index (χ1v) is 14.1. The summed E-state index contributed by atoms with van der Waals surface area (Å²) >= 11 is 1.20. The van der Waals surface area contributed by atoms with Crippen LogP contribution in [0.1, 0.15) is 51.2 Å². The summed E-state index contributed by atoms with van der Waals surface area (Å²) in [6.07, 6.45) is 1.46. The van der Waals surface area contributed by atoms with E-state index in [2.05, 4.69) is 10.2 Å². The highest BCUT2D eigenvalue weighted by molar-refractivity contribution is 7.15. The lowest BCUT2D eigenvalue weighted by Crippen LogP contribution is -2.53. The van der Waals surface area contributed by atoms with Gasteiger partial charge in [0.2, 0.25) is 10.9 Å². The predicted octanol–water partition coefficient (Wildman–Crippen LogP) is 5.50. The summed E-state index contributed by atoms with van der Waals surface area (Å²) in [5.74, 6) is -1.91. The summed E-state index contributed by atoms with van der Waals surface area (Å²) in [4.78, 5) is 46.2. The molecule has 1 unspecified atom stereocenters. The molecule has 0 saturated carbocycles. The number of carbonyl (C=O) groups excluding carboxylic acids is 2. The number of para-hydroxylation sites is 1. The third kappa shape index (κ3) is 3.46. The van der Waals surface area contributed by atoms with Gasteiger partial charge in [-0.3, -0.25) is 19.3 Å². The van der Waals surface area contributed by atoms with Gasteiger partial charge >= 0.3 is 0 Å². The number of hydrogen-bond acceptors (Lipinski definition) is 7. The zero-order valence-electron chi connectivity index (χ0n) is 22.2. The summed E-state index contributed by atoms with van der Waals surface area (Å²) in [5, 5.41) is 9.72. The number of aromatic nitrogens is 2. The summed E-state index contributed by atoms with van der Waals surface area (Å²) < 4.78 is 20.9. The molecule has 5 aromatic rings. The molecular formula is C31H23FN4O4S. The number of benzene rings is 3. The molecule has 4 heterocycles. The zero-order valence-corrected chi connectivity index (χ0v) is 23.0. The molecule has 2 amide bonds. The van der Waals surface area contributed by atoms with Gasteiger partial charge in [-0.05, 0) is 37.6 Å². The van der Waals surface area contributed by atoms with Crippen molar-refractivity contribution in [1.82, 2.24) is 10.2 Å². The summed E-state index contributed by atoms with van der Waals surface area (Å²) in [6, 6.07) is 18.3. The third-order valence-corrected chi connectivity index (χ3v) is 8.65. The molecule has 8 nitrogen and oxygen atoms in total. The van der Waals surface area contributed by atoms with Gasteiger partial charge in [0.1, 0.15) is 16.4 Å². The van der Waals surface area contributed by atoms with E-state index in [9.17, 15) is 18.8 Å². The van der Waals surface area contributed by atoms with Crippen LogP contribution >= 0.6 is 11.3 Å². The Kier molecular flexibility index (Phi) is 5.65. The standard InChI is InChI=1S/C31H23FN4O4S/c1-3-8-24-33-34-30(41-24)36-28(38)27-25(26(37)19-15-17(2)13-14-23(19)40-27)31(36)20-10-5-7-12-22(20)35(29(31)39)16-18-9-4-6-11-21(18)32/h4-7,9-15H,3,8,16H2,1-2H3. The van der Waals surface area contributed by atoms with E-state index in [0.717, 1.165) is 12.0 Å². The van der Waals surface area contributed by atoms with Crippen molar-refractivity contribution in [1.29, 1.82) is 0 Å². The van der Waals surface area contributed by atoms with Crippen molar-refractivity contribution in [2.75, 3.05) is 9.80 Å². The Balaban J connectivity index is 1.55. The molecule has 41 heavy (non-hydrogen) atoms. The first-order chi connectivity index (χ1) is 19.9. The number of aryl methyl sites for hydroxylation is 2. The van der Waals surface area contributed by atoms with Crippen molar-refractivity contribution in [2.45, 2.75) is 38.8 Å². The lowest BCUT2D eigenvalue weighted by molar-refractivity contribution is -0.121. The Morgan fingerprint density at radius 2 is 1.78 bits per heavy atom. The minimum atomic E-state index is -1.91. The van der Waals surface area contributed by atoms with Crippen molar-refractivity contribution in [3.8, 4) is 0 Å². The second kappa shape index (κ2) is 9.17. The van der Waals surface area contributed by atoms with Gasteiger partial charge < -0.3 is 9.32 Å². The van der Waals surface area contributed by atoms with Gasteiger partial charge in [-0.15, -0.1) is 10.2 Å². The number of amides is 2. The van der Waals surface area contributed by atoms with E-state index in [0.29, 0.717) is 28.2 Å². The highest BCUT2D eigenvalue weighted by atomic mass is 32.1. The van der Waals surface area contributed by atoms with E-state index in [1.807, 2.05) is 13.8 Å². The number of nitrogens with zero attached hydrogens (tertiary/aromatic N) is 4. The van der Waals surface area contributed by atoms with Gasteiger partial charge in [0, 0.05) is 17.5 Å². The van der Waals surface area contributed by atoms with Crippen molar-refractivity contribution in [3.05, 3.63) is 116 Å². The van der Waals surface area contributed by atoms with Gasteiger partial charge in [0.05, 0.1) is 23.2 Å². The van der Waals surface area contributed by atoms with Gasteiger partial charge in [0.15, 0.2) is 11.0 Å². The number of hydrogen-bond donors (Lipinski definition) is 0. The maximum Gasteiger partial charge on any atom is 0.297 e. The number of fused-ring (bicyclic) bond motifs is 5. The van der Waals surface area contributed by atoms with Crippen LogP contribution in [0.25, 0.3) is 11.0 Å². The van der Waals surface area contributed by atoms with Crippen LogP contribution < -0.4 is 15.2 Å². The molecule has 3 aromatic carbocycles. The Hall–Kier alpha value is -4.70. The molecule has 0 saturated heterocycles. The number of halogens is 1. The van der Waals surface area contributed by atoms with Gasteiger partial charge in [-0.1, -0.05) is 66.3 Å². The normalized spacial score (nSPS) is 17.6. The minimum Gasteiger partial charge on any atom is -0.450 e. The highest BCUT2D eigenvalue weighted by Gasteiger charge is 2.66. The molecule has 2 aromatic heterocycles. The average molecular weight is 567 g/mol. The Morgan fingerprint density at radius 3 is 2.59 bits per heavy atom. The van der Waals surface area contributed by atoms with Crippen LogP contribution in [0.3, 0.4) is 0 Å². The molecule has 0 N–H and O–H groups in total. The molecule has 0 aliphatic carbocycles. The zero-order chi connectivity index (χ0) is 28.5. The molecule has 204 valence electrons. The van der Waals surface area contributed by atoms with Crippen LogP contribution in [-0.4, -0.2) is 22.0 Å². The monoisotopic (exact) mass is 566 g/mol. The van der Waals surface area contributed by atoms with Gasteiger partial charge in [-0.25, -0.2) is 4.39 Å². The molecule has 10 heteroatoms. The predicted molar refractivity (Wildman–Crippen MR) is 153 cm³/mol. The molecule has 1 atom stereocenters. The minimum absolute atomic E-state index is 0.0682. The molecule has 0 bridgehead atoms. The first-order valence-electron chi connectivity index (χ1n) is 13.3. The molecule has 0 fully saturated rings. The lowest BCUT2D eigenvalue weighted by Gasteiger charge is -2.32. The van der Waals surface area contributed by atoms with Crippen molar-refractivity contribution in [2.24, 2.45) is 0 Å². The maximum atomic E-state index is 14.9. The first kappa shape index (κ1) is 25.3. The van der Waals surface area contributed by atoms with Crippen molar-refractivity contribution >= 4 is 44.9 Å². The lowest BCUT2D eigenvalue weighted by atomic mass is 9.84. The van der Waals surface area contributed by atoms with E-state index in [1.54, 1.807) is 60.7 Å². The van der Waals surface area contributed by atoms with Crippen LogP contribution in [0.4, 0.5) is 15.2 Å². The van der Waals surface area contributed by atoms with Crippen LogP contribution in [0, 0.1) is 12.7 Å². The van der Waals surface area contributed by atoms with E-state index < -0.39 is 28.6 Å². The Labute approximate surface area is 237 Å². The number of carbonyl (C=O) groups is 2. The Morgan fingerprint density at radius 1 is 1.00 bits per heavy atom. The van der Waals surface area contributed by atoms with Crippen LogP contribution in [0.2, 0.25) is 0 Å². The van der Waals surface area contributed by atoms with E-state index in [-0.39, 0.29) is 34.0 Å². The SMILES string of the molecule is CCCc1nnc(N2C(=O)c3oc4ccc(C)cc4c(=O)c3C23C(=O)N(Cc2ccccc2F)c2ccccc23)s1. The second-order valence-corrected chi connectivity index (χ2v) is 11.3. The summed E-state index contributed by atoms with van der Waals surface area (Å²) in [7, 11) is 0.